The van der Waals surface area contributed by atoms with Crippen molar-refractivity contribution in [1.29, 1.82) is 0 Å². The molecule has 9 heteroatoms. The third kappa shape index (κ3) is 5.86. The third-order valence-corrected chi connectivity index (χ3v) is 5.57. The number of benzene rings is 2. The van der Waals surface area contributed by atoms with Crippen LogP contribution in [0.25, 0.3) is 0 Å². The van der Waals surface area contributed by atoms with E-state index >= 15 is 0 Å². The number of pyridine rings is 1. The number of urea groups is 1. The first kappa shape index (κ1) is 25.5. The summed E-state index contributed by atoms with van der Waals surface area (Å²) < 4.78 is 55.4. The van der Waals surface area contributed by atoms with Crippen molar-refractivity contribution in [2.75, 3.05) is 0 Å². The Labute approximate surface area is 200 Å². The van der Waals surface area contributed by atoms with Crippen molar-refractivity contribution in [2.45, 2.75) is 44.9 Å². The average molecular weight is 494 g/mol. The smallest absolute Gasteiger partial charge is 0.336 e. The molecule has 2 aromatic carbocycles. The average Bonchev–Trinajstić information content (AvgIpc) is 2.73. The number of nitrogens with zero attached hydrogens (tertiary/aromatic N) is 1. The van der Waals surface area contributed by atoms with E-state index in [1.54, 1.807) is 26.0 Å². The lowest BCUT2D eigenvalue weighted by atomic mass is 9.79. The third-order valence-electron chi connectivity index (χ3n) is 5.35. The van der Waals surface area contributed by atoms with E-state index in [0.29, 0.717) is 11.1 Å². The van der Waals surface area contributed by atoms with Gasteiger partial charge in [0.05, 0.1) is 16.3 Å². The largest absolute Gasteiger partial charge is 0.416 e. The van der Waals surface area contributed by atoms with E-state index in [1.807, 2.05) is 19.1 Å². The first-order chi connectivity index (χ1) is 15.9. The predicted octanol–water partition coefficient (Wildman–Crippen LogP) is 6.40. The van der Waals surface area contributed by atoms with Crippen LogP contribution in [0.5, 0.6) is 0 Å². The Morgan fingerprint density at radius 1 is 1.06 bits per heavy atom. The number of amides is 2. The van der Waals surface area contributed by atoms with Crippen molar-refractivity contribution >= 4 is 17.6 Å². The normalized spacial score (nSPS) is 13.4. The quantitative estimate of drug-likeness (QED) is 0.391. The van der Waals surface area contributed by atoms with E-state index in [-0.39, 0.29) is 23.7 Å². The number of carbonyl (C=O) groups is 1. The second-order valence-corrected chi connectivity index (χ2v) is 8.79. The molecule has 0 aliphatic carbocycles. The molecule has 34 heavy (non-hydrogen) atoms. The Kier molecular flexibility index (Phi) is 7.51. The SMILES string of the molecule is Cc1ccccc1CC(NC(=O)NC(C)C)(c1cc(F)cc(C(F)(F)F)c1)c1ccc(Cl)cn1. The van der Waals surface area contributed by atoms with Gasteiger partial charge < -0.3 is 10.6 Å². The van der Waals surface area contributed by atoms with E-state index in [1.165, 1.54) is 18.3 Å². The van der Waals surface area contributed by atoms with Gasteiger partial charge in [0.2, 0.25) is 0 Å². The van der Waals surface area contributed by atoms with Crippen LogP contribution in [0, 0.1) is 12.7 Å². The highest BCUT2D eigenvalue weighted by Gasteiger charge is 2.41. The summed E-state index contributed by atoms with van der Waals surface area (Å²) in [6.45, 7) is 5.33. The van der Waals surface area contributed by atoms with Crippen LogP contribution < -0.4 is 10.6 Å². The molecule has 1 heterocycles. The molecule has 0 aliphatic heterocycles. The summed E-state index contributed by atoms with van der Waals surface area (Å²) in [5.41, 5.74) is -1.12. The van der Waals surface area contributed by atoms with Gasteiger partial charge in [0.25, 0.3) is 0 Å². The van der Waals surface area contributed by atoms with Crippen LogP contribution in [0.1, 0.15) is 41.8 Å². The van der Waals surface area contributed by atoms with Crippen molar-refractivity contribution < 1.29 is 22.4 Å². The molecule has 0 spiro atoms. The lowest BCUT2D eigenvalue weighted by Crippen LogP contribution is -2.53. The molecule has 4 nitrogen and oxygen atoms in total. The first-order valence-electron chi connectivity index (χ1n) is 10.5. The number of halogens is 5. The molecule has 1 unspecified atom stereocenters. The molecule has 0 bridgehead atoms. The van der Waals surface area contributed by atoms with Crippen LogP contribution in [0.3, 0.4) is 0 Å². The number of carbonyl (C=O) groups excluding carboxylic acids is 1. The molecule has 0 saturated heterocycles. The molecule has 3 aromatic rings. The molecule has 0 aliphatic rings. The lowest BCUT2D eigenvalue weighted by molar-refractivity contribution is -0.137. The summed E-state index contributed by atoms with van der Waals surface area (Å²) in [6, 6.07) is 11.6. The van der Waals surface area contributed by atoms with Gasteiger partial charge in [-0.05, 0) is 67.8 Å². The second-order valence-electron chi connectivity index (χ2n) is 8.35. The maximum atomic E-state index is 14.6. The molecule has 0 radical (unpaired) electrons. The molecule has 0 saturated carbocycles. The second kappa shape index (κ2) is 10.0. The first-order valence-corrected chi connectivity index (χ1v) is 10.9. The number of hydrogen-bond donors (Lipinski definition) is 2. The van der Waals surface area contributed by atoms with Crippen LogP contribution in [-0.4, -0.2) is 17.1 Å². The van der Waals surface area contributed by atoms with E-state index < -0.39 is 29.1 Å². The molecule has 1 aromatic heterocycles. The Hall–Kier alpha value is -3.13. The van der Waals surface area contributed by atoms with Crippen LogP contribution in [-0.2, 0) is 18.1 Å². The van der Waals surface area contributed by atoms with Crippen molar-refractivity contribution in [3.05, 3.63) is 99.6 Å². The van der Waals surface area contributed by atoms with Crippen molar-refractivity contribution in [3.8, 4) is 0 Å². The summed E-state index contributed by atoms with van der Waals surface area (Å²) in [6.07, 6.45) is -3.45. The van der Waals surface area contributed by atoms with Crippen molar-refractivity contribution in [3.63, 3.8) is 0 Å². The predicted molar refractivity (Wildman–Crippen MR) is 123 cm³/mol. The van der Waals surface area contributed by atoms with Gasteiger partial charge in [0.1, 0.15) is 11.4 Å². The van der Waals surface area contributed by atoms with Gasteiger partial charge in [-0.3, -0.25) is 4.98 Å². The van der Waals surface area contributed by atoms with E-state index in [4.69, 9.17) is 11.6 Å². The zero-order valence-corrected chi connectivity index (χ0v) is 19.6. The Morgan fingerprint density at radius 3 is 2.32 bits per heavy atom. The Morgan fingerprint density at radius 2 is 1.74 bits per heavy atom. The monoisotopic (exact) mass is 493 g/mol. The topological polar surface area (TPSA) is 54.0 Å². The van der Waals surface area contributed by atoms with E-state index in [2.05, 4.69) is 15.6 Å². The Bertz CT molecular complexity index is 1170. The van der Waals surface area contributed by atoms with E-state index in [9.17, 15) is 22.4 Å². The summed E-state index contributed by atoms with van der Waals surface area (Å²) in [4.78, 5) is 17.3. The number of nitrogens with one attached hydrogen (secondary N) is 2. The minimum absolute atomic E-state index is 0.0145. The highest BCUT2D eigenvalue weighted by molar-refractivity contribution is 6.30. The van der Waals surface area contributed by atoms with Gasteiger partial charge in [-0.25, -0.2) is 9.18 Å². The molecule has 2 amide bonds. The van der Waals surface area contributed by atoms with Gasteiger partial charge in [0, 0.05) is 18.7 Å². The fraction of sp³-hybridized carbons (Fsp3) is 0.280. The van der Waals surface area contributed by atoms with Crippen molar-refractivity contribution in [2.24, 2.45) is 0 Å². The number of aryl methyl sites for hydroxylation is 1. The summed E-state index contributed by atoms with van der Waals surface area (Å²) >= 11 is 6.01. The van der Waals surface area contributed by atoms with Gasteiger partial charge in [0.15, 0.2) is 0 Å². The number of rotatable bonds is 6. The highest BCUT2D eigenvalue weighted by atomic mass is 35.5. The molecule has 180 valence electrons. The van der Waals surface area contributed by atoms with Gasteiger partial charge in [-0.2, -0.15) is 13.2 Å². The number of hydrogen-bond acceptors (Lipinski definition) is 2. The standard InChI is InChI=1S/C25H24ClF4N3O/c1-15(2)32-23(34)33-24(22-9-8-20(26)14-31-22,13-17-7-5-4-6-16(17)3)18-10-19(25(28,29)30)12-21(27)11-18/h4-12,14-15H,13H2,1-3H3,(H2,32,33,34). The van der Waals surface area contributed by atoms with Gasteiger partial charge in [-0.15, -0.1) is 0 Å². The van der Waals surface area contributed by atoms with E-state index in [0.717, 1.165) is 23.3 Å². The number of alkyl halides is 3. The molecule has 2 N–H and O–H groups in total. The van der Waals surface area contributed by atoms with Crippen LogP contribution in [0.2, 0.25) is 5.02 Å². The maximum Gasteiger partial charge on any atom is 0.416 e. The zero-order chi connectivity index (χ0) is 25.1. The molecular weight excluding hydrogens is 470 g/mol. The fourth-order valence-electron chi connectivity index (χ4n) is 3.74. The summed E-state index contributed by atoms with van der Waals surface area (Å²) in [5, 5.41) is 5.80. The van der Waals surface area contributed by atoms with Gasteiger partial charge in [-0.1, -0.05) is 35.9 Å². The molecular formula is C25H24ClF4N3O. The van der Waals surface area contributed by atoms with Crippen molar-refractivity contribution in [1.82, 2.24) is 15.6 Å². The lowest BCUT2D eigenvalue weighted by Gasteiger charge is -2.36. The molecule has 0 fully saturated rings. The summed E-state index contributed by atoms with van der Waals surface area (Å²) in [5.74, 6) is -1.08. The molecule has 1 atom stereocenters. The maximum absolute atomic E-state index is 14.6. The summed E-state index contributed by atoms with van der Waals surface area (Å²) in [7, 11) is 0. The van der Waals surface area contributed by atoms with Crippen LogP contribution >= 0.6 is 11.6 Å². The Balaban J connectivity index is 2.32. The number of aromatic nitrogens is 1. The van der Waals surface area contributed by atoms with Crippen LogP contribution in [0.4, 0.5) is 22.4 Å². The van der Waals surface area contributed by atoms with Crippen LogP contribution in [0.15, 0.2) is 60.8 Å². The zero-order valence-electron chi connectivity index (χ0n) is 18.8. The fourth-order valence-corrected chi connectivity index (χ4v) is 3.85. The highest BCUT2D eigenvalue weighted by Crippen LogP contribution is 2.38. The minimum atomic E-state index is -4.79. The minimum Gasteiger partial charge on any atom is -0.336 e. The van der Waals surface area contributed by atoms with Gasteiger partial charge >= 0.3 is 12.2 Å². The molecule has 3 rings (SSSR count).